The van der Waals surface area contributed by atoms with Crippen LogP contribution in [-0.2, 0) is 16.0 Å². The number of nitrogens with one attached hydrogen (secondary N) is 1. The van der Waals surface area contributed by atoms with Crippen LogP contribution in [0.4, 0.5) is 5.82 Å². The van der Waals surface area contributed by atoms with Gasteiger partial charge in [-0.1, -0.05) is 30.3 Å². The van der Waals surface area contributed by atoms with Gasteiger partial charge in [-0.15, -0.1) is 0 Å². The number of aromatic nitrogens is 2. The van der Waals surface area contributed by atoms with E-state index in [4.69, 9.17) is 4.74 Å². The standard InChI is InChI=1S/C18H23N3O2/c1-13-10-16(20-12-19-13)21-15(17(22)23-18(2,3)4)11-14-8-6-5-7-9-14/h5-10,12,15H,11H2,1-4H3,(H,19,20,21)/t15-/m0/s1. The Balaban J connectivity index is 2.18. The van der Waals surface area contributed by atoms with Crippen LogP contribution in [0.3, 0.4) is 0 Å². The fourth-order valence-corrected chi connectivity index (χ4v) is 2.13. The van der Waals surface area contributed by atoms with Crippen molar-refractivity contribution in [1.82, 2.24) is 9.97 Å². The molecular weight excluding hydrogens is 290 g/mol. The maximum absolute atomic E-state index is 12.5. The molecule has 0 saturated carbocycles. The van der Waals surface area contributed by atoms with Gasteiger partial charge in [-0.2, -0.15) is 0 Å². The van der Waals surface area contributed by atoms with Crippen molar-refractivity contribution in [1.29, 1.82) is 0 Å². The van der Waals surface area contributed by atoms with Crippen molar-refractivity contribution in [3.63, 3.8) is 0 Å². The summed E-state index contributed by atoms with van der Waals surface area (Å²) in [5.74, 6) is 0.321. The first-order chi connectivity index (χ1) is 10.8. The molecule has 1 heterocycles. The normalized spacial score (nSPS) is 12.5. The van der Waals surface area contributed by atoms with E-state index >= 15 is 0 Å². The van der Waals surface area contributed by atoms with Crippen molar-refractivity contribution in [3.05, 3.63) is 54.0 Å². The average Bonchev–Trinajstić information content (AvgIpc) is 2.46. The number of hydrogen-bond donors (Lipinski definition) is 1. The van der Waals surface area contributed by atoms with Gasteiger partial charge in [0.05, 0.1) is 0 Å². The molecule has 0 unspecified atom stereocenters. The fourth-order valence-electron chi connectivity index (χ4n) is 2.13. The molecule has 0 amide bonds. The predicted octanol–water partition coefficient (Wildman–Crippen LogP) is 3.15. The molecule has 0 aliphatic carbocycles. The van der Waals surface area contributed by atoms with Crippen LogP contribution in [-0.4, -0.2) is 27.6 Å². The lowest BCUT2D eigenvalue weighted by molar-refractivity contribution is -0.155. The zero-order valence-corrected chi connectivity index (χ0v) is 14.0. The lowest BCUT2D eigenvalue weighted by Gasteiger charge is -2.25. The summed E-state index contributed by atoms with van der Waals surface area (Å²) in [6, 6.07) is 11.1. The first-order valence-electron chi connectivity index (χ1n) is 7.65. The molecule has 2 aromatic rings. The van der Waals surface area contributed by atoms with Gasteiger partial charge in [0, 0.05) is 18.2 Å². The highest BCUT2D eigenvalue weighted by atomic mass is 16.6. The quantitative estimate of drug-likeness (QED) is 0.859. The monoisotopic (exact) mass is 313 g/mol. The van der Waals surface area contributed by atoms with Gasteiger partial charge in [-0.3, -0.25) is 0 Å². The predicted molar refractivity (Wildman–Crippen MR) is 90.2 cm³/mol. The van der Waals surface area contributed by atoms with E-state index in [-0.39, 0.29) is 5.97 Å². The molecule has 1 aromatic carbocycles. The summed E-state index contributed by atoms with van der Waals surface area (Å²) in [7, 11) is 0. The molecule has 1 atom stereocenters. The summed E-state index contributed by atoms with van der Waals surface area (Å²) >= 11 is 0. The van der Waals surface area contributed by atoms with Crippen LogP contribution in [0.1, 0.15) is 32.0 Å². The van der Waals surface area contributed by atoms with E-state index in [1.165, 1.54) is 6.33 Å². The summed E-state index contributed by atoms with van der Waals surface area (Å²) in [5.41, 5.74) is 1.36. The molecule has 0 radical (unpaired) electrons. The second-order valence-corrected chi connectivity index (χ2v) is 6.46. The van der Waals surface area contributed by atoms with Gasteiger partial charge in [-0.25, -0.2) is 14.8 Å². The van der Waals surface area contributed by atoms with Gasteiger partial charge >= 0.3 is 5.97 Å². The Morgan fingerprint density at radius 1 is 1.22 bits per heavy atom. The van der Waals surface area contributed by atoms with Crippen molar-refractivity contribution in [3.8, 4) is 0 Å². The summed E-state index contributed by atoms with van der Waals surface area (Å²) in [5, 5.41) is 3.17. The van der Waals surface area contributed by atoms with Crippen molar-refractivity contribution in [2.24, 2.45) is 0 Å². The van der Waals surface area contributed by atoms with E-state index in [1.54, 1.807) is 0 Å². The molecule has 0 fully saturated rings. The number of carbonyl (C=O) groups is 1. The SMILES string of the molecule is Cc1cc(N[C@@H](Cc2ccccc2)C(=O)OC(C)(C)C)ncn1. The summed E-state index contributed by atoms with van der Waals surface area (Å²) < 4.78 is 5.53. The van der Waals surface area contributed by atoms with Crippen LogP contribution < -0.4 is 5.32 Å². The molecule has 0 aliphatic rings. The van der Waals surface area contributed by atoms with Crippen LogP contribution in [0.2, 0.25) is 0 Å². The number of ether oxygens (including phenoxy) is 1. The molecule has 0 saturated heterocycles. The third-order valence-corrected chi connectivity index (χ3v) is 3.10. The molecule has 5 heteroatoms. The van der Waals surface area contributed by atoms with Gasteiger partial charge in [0.1, 0.15) is 23.8 Å². The number of benzene rings is 1. The Morgan fingerprint density at radius 2 is 1.91 bits per heavy atom. The number of rotatable bonds is 5. The zero-order chi connectivity index (χ0) is 16.9. The molecule has 0 aliphatic heterocycles. The van der Waals surface area contributed by atoms with Crippen molar-refractivity contribution < 1.29 is 9.53 Å². The highest BCUT2D eigenvalue weighted by Crippen LogP contribution is 2.15. The first-order valence-corrected chi connectivity index (χ1v) is 7.65. The van der Waals surface area contributed by atoms with Gasteiger partial charge in [-0.05, 0) is 33.3 Å². The van der Waals surface area contributed by atoms with Gasteiger partial charge in [0.25, 0.3) is 0 Å². The van der Waals surface area contributed by atoms with Gasteiger partial charge < -0.3 is 10.1 Å². The average molecular weight is 313 g/mol. The third-order valence-electron chi connectivity index (χ3n) is 3.10. The van der Waals surface area contributed by atoms with Crippen molar-refractivity contribution >= 4 is 11.8 Å². The van der Waals surface area contributed by atoms with E-state index in [0.717, 1.165) is 11.3 Å². The van der Waals surface area contributed by atoms with Gasteiger partial charge in [0.15, 0.2) is 0 Å². The smallest absolute Gasteiger partial charge is 0.329 e. The molecule has 5 nitrogen and oxygen atoms in total. The zero-order valence-electron chi connectivity index (χ0n) is 14.0. The highest BCUT2D eigenvalue weighted by Gasteiger charge is 2.25. The van der Waals surface area contributed by atoms with Crippen molar-refractivity contribution in [2.45, 2.75) is 45.8 Å². The second kappa shape index (κ2) is 7.22. The Labute approximate surface area is 137 Å². The van der Waals surface area contributed by atoms with E-state index in [0.29, 0.717) is 12.2 Å². The topological polar surface area (TPSA) is 64.1 Å². The van der Waals surface area contributed by atoms with E-state index in [9.17, 15) is 4.79 Å². The van der Waals surface area contributed by atoms with E-state index in [2.05, 4.69) is 15.3 Å². The highest BCUT2D eigenvalue weighted by molar-refractivity contribution is 5.79. The van der Waals surface area contributed by atoms with E-state index in [1.807, 2.05) is 64.1 Å². The minimum absolute atomic E-state index is 0.294. The minimum atomic E-state index is -0.532. The Morgan fingerprint density at radius 3 is 2.52 bits per heavy atom. The number of esters is 1. The molecular formula is C18H23N3O2. The number of nitrogens with zero attached hydrogens (tertiary/aromatic N) is 2. The lowest BCUT2D eigenvalue weighted by Crippen LogP contribution is -2.38. The Hall–Kier alpha value is -2.43. The molecule has 23 heavy (non-hydrogen) atoms. The number of anilines is 1. The summed E-state index contributed by atoms with van der Waals surface area (Å²) in [6.45, 7) is 7.46. The molecule has 122 valence electrons. The first kappa shape index (κ1) is 16.9. The largest absolute Gasteiger partial charge is 0.458 e. The lowest BCUT2D eigenvalue weighted by atomic mass is 10.1. The van der Waals surface area contributed by atoms with Gasteiger partial charge in [0.2, 0.25) is 0 Å². The maximum Gasteiger partial charge on any atom is 0.329 e. The van der Waals surface area contributed by atoms with Crippen LogP contribution in [0.5, 0.6) is 0 Å². The van der Waals surface area contributed by atoms with Crippen LogP contribution in [0.15, 0.2) is 42.7 Å². The van der Waals surface area contributed by atoms with Crippen LogP contribution in [0.25, 0.3) is 0 Å². The van der Waals surface area contributed by atoms with Crippen LogP contribution in [0, 0.1) is 6.92 Å². The Bertz CT molecular complexity index is 651. The number of aryl methyl sites for hydroxylation is 1. The molecule has 1 N–H and O–H groups in total. The molecule has 2 rings (SSSR count). The Kier molecular flexibility index (Phi) is 5.32. The molecule has 1 aromatic heterocycles. The second-order valence-electron chi connectivity index (χ2n) is 6.46. The summed E-state index contributed by atoms with van der Waals surface area (Å²) in [4.78, 5) is 20.8. The minimum Gasteiger partial charge on any atom is -0.458 e. The maximum atomic E-state index is 12.5. The fraction of sp³-hybridized carbons (Fsp3) is 0.389. The van der Waals surface area contributed by atoms with E-state index < -0.39 is 11.6 Å². The van der Waals surface area contributed by atoms with Crippen LogP contribution >= 0.6 is 0 Å². The molecule has 0 spiro atoms. The number of hydrogen-bond acceptors (Lipinski definition) is 5. The third kappa shape index (κ3) is 5.70. The van der Waals surface area contributed by atoms with Crippen molar-refractivity contribution in [2.75, 3.05) is 5.32 Å². The number of carbonyl (C=O) groups excluding carboxylic acids is 1. The summed E-state index contributed by atoms with van der Waals surface area (Å²) in [6.07, 6.45) is 2.01. The molecule has 0 bridgehead atoms.